The predicted molar refractivity (Wildman–Crippen MR) is 246 cm³/mol. The number of hydrazine groups is 1. The van der Waals surface area contributed by atoms with Crippen molar-refractivity contribution in [3.63, 3.8) is 0 Å². The summed E-state index contributed by atoms with van der Waals surface area (Å²) in [5.41, 5.74) is 10.7. The van der Waals surface area contributed by atoms with Crippen LogP contribution < -0.4 is 15.6 Å². The molecule has 0 spiro atoms. The van der Waals surface area contributed by atoms with Crippen molar-refractivity contribution in [1.82, 2.24) is 35.2 Å². The molecule has 0 aliphatic carbocycles. The molecule has 17 heteroatoms. The fraction of sp³-hybridized carbons (Fsp3) is 0.537. The Morgan fingerprint density at radius 1 is 1.12 bits per heavy atom. The van der Waals surface area contributed by atoms with Crippen LogP contribution in [0.15, 0.2) is 35.8 Å². The van der Waals surface area contributed by atoms with Gasteiger partial charge in [-0.15, -0.1) is 11.3 Å². The number of benzene rings is 1. The van der Waals surface area contributed by atoms with Gasteiger partial charge in [0, 0.05) is 92.5 Å². The third-order valence-corrected chi connectivity index (χ3v) is 12.0. The highest BCUT2D eigenvalue weighted by Gasteiger charge is 2.35. The minimum absolute atomic E-state index is 0. The number of piperazine rings is 1. The summed E-state index contributed by atoms with van der Waals surface area (Å²) in [6, 6.07) is 7.27. The third-order valence-electron chi connectivity index (χ3n) is 11.1. The summed E-state index contributed by atoms with van der Waals surface area (Å²) in [7, 11) is 3.88. The minimum Gasteiger partial charge on any atom is -0.464 e. The van der Waals surface area contributed by atoms with Crippen molar-refractivity contribution in [2.75, 3.05) is 58.4 Å². The smallest absolute Gasteiger partial charge is 0.324 e. The molecular weight excluding hydrogens is 813 g/mol. The van der Waals surface area contributed by atoms with Crippen LogP contribution in [0.3, 0.4) is 0 Å². The lowest BCUT2D eigenvalue weighted by molar-refractivity contribution is -0.155. The summed E-state index contributed by atoms with van der Waals surface area (Å²) in [4.78, 5) is 54.6. The number of nitrogens with one attached hydrogen (secondary N) is 2. The molecule has 58 heavy (non-hydrogen) atoms. The summed E-state index contributed by atoms with van der Waals surface area (Å²) in [6.45, 7) is 15.0. The summed E-state index contributed by atoms with van der Waals surface area (Å²) < 4.78 is 14.4. The van der Waals surface area contributed by atoms with Gasteiger partial charge in [0.25, 0.3) is 5.91 Å². The quantitative estimate of drug-likeness (QED) is 0.246. The van der Waals surface area contributed by atoms with Crippen molar-refractivity contribution in [2.45, 2.75) is 85.0 Å². The number of thiazole rings is 1. The number of ether oxygens (including phenoxy) is 2. The summed E-state index contributed by atoms with van der Waals surface area (Å²) in [5, 5.41) is 8.14. The number of cyclic esters (lactones) is 1. The maximum atomic E-state index is 13.8. The number of likely N-dealkylation sites (N-methyl/N-ethyl adjacent to an activating group) is 1. The van der Waals surface area contributed by atoms with Crippen LogP contribution in [-0.4, -0.2) is 108 Å². The molecule has 1 aromatic carbocycles. The maximum absolute atomic E-state index is 13.8. The molecule has 0 saturated carbocycles. The molecule has 3 aliphatic rings. The molecule has 6 heterocycles. The Morgan fingerprint density at radius 2 is 1.86 bits per heavy atom. The van der Waals surface area contributed by atoms with Crippen molar-refractivity contribution in [1.29, 1.82) is 0 Å². The first kappa shape index (κ1) is 47.4. The first-order valence-electron chi connectivity index (χ1n) is 19.4. The van der Waals surface area contributed by atoms with E-state index >= 15 is 0 Å². The number of pyridine rings is 1. The second kappa shape index (κ2) is 19.8. The van der Waals surface area contributed by atoms with Crippen LogP contribution in [0.1, 0.15) is 69.8 Å². The minimum atomic E-state index is -0.842. The van der Waals surface area contributed by atoms with Gasteiger partial charge >= 0.3 is 5.97 Å². The number of nitrogens with zero attached hydrogens (tertiary/aromatic N) is 6. The Morgan fingerprint density at radius 3 is 2.55 bits per heavy atom. The number of fused-ring (bicyclic) bond motifs is 6. The molecule has 2 N–H and O–H groups in total. The molecule has 13 nitrogen and oxygen atoms in total. The van der Waals surface area contributed by atoms with Crippen molar-refractivity contribution in [3.8, 4) is 22.5 Å². The molecule has 6 bridgehead atoms. The fourth-order valence-corrected chi connectivity index (χ4v) is 8.93. The van der Waals surface area contributed by atoms with Crippen molar-refractivity contribution in [3.05, 3.63) is 52.1 Å². The average Bonchev–Trinajstić information content (AvgIpc) is 3.77. The number of carbonyl (C=O) groups is 3. The Balaban J connectivity index is 0.00000248. The number of rotatable bonds is 6. The largest absolute Gasteiger partial charge is 0.464 e. The Kier molecular flexibility index (Phi) is 16.2. The van der Waals surface area contributed by atoms with Gasteiger partial charge in [-0.2, -0.15) is 40.5 Å². The monoisotopic (exact) mass is 872 g/mol. The van der Waals surface area contributed by atoms with E-state index < -0.39 is 23.5 Å². The van der Waals surface area contributed by atoms with Crippen LogP contribution in [0.25, 0.3) is 33.4 Å². The zero-order valence-electron chi connectivity index (χ0n) is 34.6. The number of esters is 1. The number of amides is 2. The van der Waals surface area contributed by atoms with Crippen molar-refractivity contribution < 1.29 is 23.9 Å². The van der Waals surface area contributed by atoms with E-state index in [1.54, 1.807) is 7.11 Å². The van der Waals surface area contributed by atoms with E-state index in [4.69, 9.17) is 19.4 Å². The van der Waals surface area contributed by atoms with E-state index in [2.05, 4.69) is 77.2 Å². The number of aryl methyl sites for hydroxylation is 1. The van der Waals surface area contributed by atoms with Crippen LogP contribution in [0, 0.1) is 5.41 Å². The molecule has 3 aromatic heterocycles. The highest BCUT2D eigenvalue weighted by Crippen LogP contribution is 2.43. The topological polar surface area (TPSA) is 134 Å². The van der Waals surface area contributed by atoms with Crippen LogP contribution >= 0.6 is 51.8 Å². The lowest BCUT2D eigenvalue weighted by atomic mass is 9.84. The van der Waals surface area contributed by atoms with Gasteiger partial charge in [-0.3, -0.25) is 24.4 Å². The number of anilines is 1. The molecule has 3 aliphatic heterocycles. The molecule has 2 saturated heterocycles. The van der Waals surface area contributed by atoms with E-state index in [0.717, 1.165) is 88.1 Å². The molecule has 2 fully saturated rings. The molecule has 3 atom stereocenters. The third kappa shape index (κ3) is 9.99. The first-order valence-corrected chi connectivity index (χ1v) is 20.3. The second-order valence-electron chi connectivity index (χ2n) is 15.9. The SMILES string of the molecule is CCn1c(-c2cc(N3CCN(C)CC3)cnc2[C@H](C)OC)c2c3cc(ccc31)-c1csc(n1)C[C@H](NC(C)=O)C(=O)N1CCC[C@H](N1)C(=O)OCC(C)(C)C2.S.S.S. The zero-order valence-corrected chi connectivity index (χ0v) is 38.4. The van der Waals surface area contributed by atoms with Gasteiger partial charge in [-0.05, 0) is 63.9 Å². The van der Waals surface area contributed by atoms with Crippen molar-refractivity contribution in [2.24, 2.45) is 5.41 Å². The Labute approximate surface area is 366 Å². The first-order chi connectivity index (χ1) is 26.3. The van der Waals surface area contributed by atoms with E-state index in [0.29, 0.717) is 25.8 Å². The van der Waals surface area contributed by atoms with Crippen molar-refractivity contribution >= 4 is 86.2 Å². The predicted octanol–water partition coefficient (Wildman–Crippen LogP) is 5.31. The van der Waals surface area contributed by atoms with Crippen LogP contribution in [0.4, 0.5) is 5.69 Å². The van der Waals surface area contributed by atoms with E-state index in [-0.39, 0.29) is 71.4 Å². The van der Waals surface area contributed by atoms with E-state index in [1.807, 2.05) is 18.5 Å². The molecule has 318 valence electrons. The molecule has 2 amide bonds. The van der Waals surface area contributed by atoms with Gasteiger partial charge in [0.2, 0.25) is 5.91 Å². The van der Waals surface area contributed by atoms with Gasteiger partial charge in [0.05, 0.1) is 46.7 Å². The van der Waals surface area contributed by atoms with Gasteiger partial charge in [-0.25, -0.2) is 10.4 Å². The van der Waals surface area contributed by atoms with Crippen LogP contribution in [0.5, 0.6) is 0 Å². The van der Waals surface area contributed by atoms with Gasteiger partial charge in [0.15, 0.2) is 0 Å². The Bertz CT molecular complexity index is 2080. The number of methoxy groups -OCH3 is 1. The maximum Gasteiger partial charge on any atom is 0.324 e. The number of hydrogen-bond donors (Lipinski definition) is 2. The lowest BCUT2D eigenvalue weighted by Gasteiger charge is -2.35. The van der Waals surface area contributed by atoms with E-state index in [1.165, 1.54) is 23.3 Å². The van der Waals surface area contributed by atoms with Crippen LogP contribution in [-0.2, 0) is 43.2 Å². The van der Waals surface area contributed by atoms with Gasteiger partial charge < -0.3 is 29.2 Å². The number of aromatic nitrogens is 3. The molecule has 0 unspecified atom stereocenters. The van der Waals surface area contributed by atoms with E-state index in [9.17, 15) is 14.4 Å². The second-order valence-corrected chi connectivity index (χ2v) is 16.9. The molecule has 0 radical (unpaired) electrons. The standard InChI is InChI=1S/C41H54N8O5S.3H2S/c1-8-48-35-12-11-27-18-29(35)31(38(48)30-19-28(22-42-37(30)25(2)53-7)47-16-14-46(6)15-17-47)21-41(4,5)24-54-40(52)32-10-9-13-49(45-32)39(51)33(43-26(3)50)20-36-44-34(27)23-55-36;;;/h11-12,18-19,22-23,25,32-33,45H,8-10,13-17,20-21,24H2,1-7H3,(H,43,50);3*1H2/t25-,32-,33-;;;/m0.../s1. The summed E-state index contributed by atoms with van der Waals surface area (Å²) >= 11 is 1.47. The highest BCUT2D eigenvalue weighted by atomic mass is 32.1. The van der Waals surface area contributed by atoms with Gasteiger partial charge in [-0.1, -0.05) is 19.9 Å². The van der Waals surface area contributed by atoms with Gasteiger partial charge in [0.1, 0.15) is 12.1 Å². The number of carbonyl (C=O) groups excluding carboxylic acids is 3. The molecule has 4 aromatic rings. The molecule has 7 rings (SSSR count). The normalized spacial score (nSPS) is 20.5. The number of hydrogen-bond acceptors (Lipinski definition) is 11. The zero-order chi connectivity index (χ0) is 39.0. The fourth-order valence-electron chi connectivity index (χ4n) is 8.08. The molecular formula is C41H60N8O5S4. The highest BCUT2D eigenvalue weighted by molar-refractivity contribution is 7.59. The summed E-state index contributed by atoms with van der Waals surface area (Å²) in [5.74, 6) is -1.01. The van der Waals surface area contributed by atoms with Crippen LogP contribution in [0.2, 0.25) is 0 Å². The average molecular weight is 873 g/mol. The Hall–Kier alpha value is -3.32. The lowest BCUT2D eigenvalue weighted by Crippen LogP contribution is -2.60. The summed E-state index contributed by atoms with van der Waals surface area (Å²) in [6.07, 6.45) is 3.74.